The third-order valence-corrected chi connectivity index (χ3v) is 6.32. The lowest BCUT2D eigenvalue weighted by molar-refractivity contribution is -0.274. The third kappa shape index (κ3) is 8.25. The standard InChI is InChI=1S/C26H33F3N4O6/c1-25(2,3)39-23(34)30-13-20-16-37-22(31-20)19-12-18(17-4-6-21(7-5-17)38-26(27,28)29)14-33(15-19)24(35)32-8-10-36-11-9-32/h4-7,16,18-19H,8-15H2,1-3H3,(H,30,34). The summed E-state index contributed by atoms with van der Waals surface area (Å²) in [6.07, 6.45) is -3.34. The van der Waals surface area contributed by atoms with E-state index >= 15 is 0 Å². The molecule has 1 N–H and O–H groups in total. The Morgan fingerprint density at radius 3 is 2.36 bits per heavy atom. The van der Waals surface area contributed by atoms with Crippen molar-refractivity contribution in [2.75, 3.05) is 39.4 Å². The molecule has 2 saturated heterocycles. The maximum absolute atomic E-state index is 13.4. The zero-order valence-corrected chi connectivity index (χ0v) is 22.1. The molecule has 13 heteroatoms. The number of aromatic nitrogens is 1. The van der Waals surface area contributed by atoms with Crippen molar-refractivity contribution in [3.05, 3.63) is 47.7 Å². The van der Waals surface area contributed by atoms with Crippen LogP contribution in [0.3, 0.4) is 0 Å². The van der Waals surface area contributed by atoms with Gasteiger partial charge in [-0.2, -0.15) is 0 Å². The number of carbonyl (C=O) groups is 2. The lowest BCUT2D eigenvalue weighted by Gasteiger charge is -2.40. The van der Waals surface area contributed by atoms with Gasteiger partial charge in [0.15, 0.2) is 5.89 Å². The molecule has 2 aliphatic heterocycles. The van der Waals surface area contributed by atoms with Crippen molar-refractivity contribution in [1.82, 2.24) is 20.1 Å². The molecule has 2 atom stereocenters. The van der Waals surface area contributed by atoms with Crippen LogP contribution in [0.5, 0.6) is 5.75 Å². The number of hydrogen-bond donors (Lipinski definition) is 1. The number of carbonyl (C=O) groups excluding carboxylic acids is 2. The van der Waals surface area contributed by atoms with E-state index in [4.69, 9.17) is 13.9 Å². The van der Waals surface area contributed by atoms with E-state index in [0.717, 1.165) is 5.56 Å². The number of urea groups is 1. The van der Waals surface area contributed by atoms with E-state index in [1.54, 1.807) is 42.7 Å². The first-order chi connectivity index (χ1) is 18.4. The van der Waals surface area contributed by atoms with E-state index < -0.39 is 18.1 Å². The van der Waals surface area contributed by atoms with Crippen LogP contribution < -0.4 is 10.1 Å². The number of piperidine rings is 1. The molecule has 2 unspecified atom stereocenters. The van der Waals surface area contributed by atoms with Crippen molar-refractivity contribution in [1.29, 1.82) is 0 Å². The number of ether oxygens (including phenoxy) is 3. The Hall–Kier alpha value is -3.48. The molecule has 3 amide bonds. The van der Waals surface area contributed by atoms with Gasteiger partial charge < -0.3 is 33.7 Å². The Morgan fingerprint density at radius 1 is 1.05 bits per heavy atom. The van der Waals surface area contributed by atoms with Crippen LogP contribution in [0.2, 0.25) is 0 Å². The molecule has 2 aliphatic rings. The number of nitrogens with one attached hydrogen (secondary N) is 1. The number of likely N-dealkylation sites (tertiary alicyclic amines) is 1. The van der Waals surface area contributed by atoms with Crippen LogP contribution in [0, 0.1) is 0 Å². The second-order valence-electron chi connectivity index (χ2n) is 10.6. The molecule has 39 heavy (non-hydrogen) atoms. The van der Waals surface area contributed by atoms with Crippen molar-refractivity contribution in [3.63, 3.8) is 0 Å². The molecule has 1 aromatic carbocycles. The van der Waals surface area contributed by atoms with Gasteiger partial charge in [0, 0.05) is 32.1 Å². The van der Waals surface area contributed by atoms with Gasteiger partial charge in [-0.25, -0.2) is 14.6 Å². The van der Waals surface area contributed by atoms with Crippen LogP contribution in [-0.2, 0) is 16.0 Å². The minimum atomic E-state index is -4.78. The van der Waals surface area contributed by atoms with Gasteiger partial charge in [-0.05, 0) is 44.9 Å². The first-order valence-electron chi connectivity index (χ1n) is 12.7. The van der Waals surface area contributed by atoms with Gasteiger partial charge in [-0.1, -0.05) is 12.1 Å². The summed E-state index contributed by atoms with van der Waals surface area (Å²) in [6.45, 7) is 8.03. The second kappa shape index (κ2) is 11.7. The molecule has 0 spiro atoms. The number of oxazole rings is 1. The number of alkyl halides is 3. The van der Waals surface area contributed by atoms with Crippen molar-refractivity contribution >= 4 is 12.1 Å². The van der Waals surface area contributed by atoms with Crippen LogP contribution in [-0.4, -0.2) is 78.3 Å². The number of benzene rings is 1. The molecule has 0 radical (unpaired) electrons. The summed E-state index contributed by atoms with van der Waals surface area (Å²) in [5.74, 6) is -0.341. The van der Waals surface area contributed by atoms with E-state index in [0.29, 0.717) is 57.4 Å². The average molecular weight is 555 g/mol. The Labute approximate surface area is 224 Å². The highest BCUT2D eigenvalue weighted by Gasteiger charge is 2.36. The van der Waals surface area contributed by atoms with Crippen LogP contribution >= 0.6 is 0 Å². The summed E-state index contributed by atoms with van der Waals surface area (Å²) in [5.41, 5.74) is 0.633. The molecule has 0 saturated carbocycles. The molecule has 0 bridgehead atoms. The Kier molecular flexibility index (Phi) is 8.57. The lowest BCUT2D eigenvalue weighted by Crippen LogP contribution is -2.52. The van der Waals surface area contributed by atoms with E-state index in [1.807, 2.05) is 0 Å². The smallest absolute Gasteiger partial charge is 0.448 e. The highest BCUT2D eigenvalue weighted by Crippen LogP contribution is 2.37. The summed E-state index contributed by atoms with van der Waals surface area (Å²) in [6, 6.07) is 5.57. The molecular formula is C26H33F3N4O6. The molecule has 3 heterocycles. The predicted octanol–water partition coefficient (Wildman–Crippen LogP) is 4.62. The maximum Gasteiger partial charge on any atom is 0.573 e. The van der Waals surface area contributed by atoms with Gasteiger partial charge in [0.1, 0.15) is 17.6 Å². The van der Waals surface area contributed by atoms with Gasteiger partial charge >= 0.3 is 18.5 Å². The van der Waals surface area contributed by atoms with Crippen molar-refractivity contribution < 1.29 is 41.4 Å². The molecule has 4 rings (SSSR count). The summed E-state index contributed by atoms with van der Waals surface area (Å²) >= 11 is 0. The number of nitrogens with zero attached hydrogens (tertiary/aromatic N) is 3. The topological polar surface area (TPSA) is 106 Å². The largest absolute Gasteiger partial charge is 0.573 e. The first kappa shape index (κ1) is 28.5. The highest BCUT2D eigenvalue weighted by atomic mass is 19.4. The summed E-state index contributed by atoms with van der Waals surface area (Å²) in [7, 11) is 0. The second-order valence-corrected chi connectivity index (χ2v) is 10.6. The normalized spacial score (nSPS) is 20.5. The zero-order chi connectivity index (χ0) is 28.2. The molecular weight excluding hydrogens is 521 g/mol. The fraction of sp³-hybridized carbons (Fsp3) is 0.577. The Balaban J connectivity index is 1.49. The average Bonchev–Trinajstić information content (AvgIpc) is 3.35. The molecule has 0 aliphatic carbocycles. The number of hydrogen-bond acceptors (Lipinski definition) is 7. The highest BCUT2D eigenvalue weighted by molar-refractivity contribution is 5.75. The van der Waals surface area contributed by atoms with Crippen LogP contribution in [0.25, 0.3) is 0 Å². The first-order valence-corrected chi connectivity index (χ1v) is 12.7. The number of morpholine rings is 1. The maximum atomic E-state index is 13.4. The van der Waals surface area contributed by atoms with Gasteiger partial charge in [-0.15, -0.1) is 13.2 Å². The summed E-state index contributed by atoms with van der Waals surface area (Å²) < 4.78 is 58.1. The van der Waals surface area contributed by atoms with Crippen LogP contribution in [0.15, 0.2) is 34.9 Å². The van der Waals surface area contributed by atoms with E-state index in [1.165, 1.54) is 18.4 Å². The van der Waals surface area contributed by atoms with Gasteiger partial charge in [0.2, 0.25) is 0 Å². The van der Waals surface area contributed by atoms with E-state index in [9.17, 15) is 22.8 Å². The lowest BCUT2D eigenvalue weighted by atomic mass is 9.84. The number of alkyl carbamates (subject to hydrolysis) is 1. The van der Waals surface area contributed by atoms with Gasteiger partial charge in [-0.3, -0.25) is 0 Å². The van der Waals surface area contributed by atoms with Crippen LogP contribution in [0.4, 0.5) is 22.8 Å². The fourth-order valence-corrected chi connectivity index (χ4v) is 4.64. The molecule has 2 aromatic rings. The minimum absolute atomic E-state index is 0.103. The van der Waals surface area contributed by atoms with Gasteiger partial charge in [0.05, 0.1) is 31.4 Å². The van der Waals surface area contributed by atoms with Crippen LogP contribution in [0.1, 0.15) is 56.2 Å². The van der Waals surface area contributed by atoms with Crippen molar-refractivity contribution in [2.24, 2.45) is 0 Å². The monoisotopic (exact) mass is 554 g/mol. The van der Waals surface area contributed by atoms with Crippen molar-refractivity contribution in [3.8, 4) is 5.75 Å². The molecule has 1 aromatic heterocycles. The summed E-state index contributed by atoms with van der Waals surface area (Å²) in [4.78, 5) is 33.3. The van der Waals surface area contributed by atoms with Crippen molar-refractivity contribution in [2.45, 2.75) is 57.5 Å². The number of amides is 3. The Bertz CT molecular complexity index is 1130. The van der Waals surface area contributed by atoms with E-state index in [-0.39, 0.29) is 30.2 Å². The SMILES string of the molecule is CC(C)(C)OC(=O)NCc1coc(C2CC(c3ccc(OC(F)(F)F)cc3)CN(C(=O)N3CCOCC3)C2)n1. The zero-order valence-electron chi connectivity index (χ0n) is 22.1. The third-order valence-electron chi connectivity index (χ3n) is 6.32. The Morgan fingerprint density at radius 2 is 1.72 bits per heavy atom. The number of rotatable bonds is 5. The fourth-order valence-electron chi connectivity index (χ4n) is 4.64. The molecule has 2 fully saturated rings. The quantitative estimate of drug-likeness (QED) is 0.575. The van der Waals surface area contributed by atoms with E-state index in [2.05, 4.69) is 15.0 Å². The number of halogens is 3. The molecule has 10 nitrogen and oxygen atoms in total. The predicted molar refractivity (Wildman–Crippen MR) is 132 cm³/mol. The molecule has 214 valence electrons. The van der Waals surface area contributed by atoms with Gasteiger partial charge in [0.25, 0.3) is 0 Å². The minimum Gasteiger partial charge on any atom is -0.448 e. The summed E-state index contributed by atoms with van der Waals surface area (Å²) in [5, 5.41) is 2.64.